The second kappa shape index (κ2) is 6.75. The summed E-state index contributed by atoms with van der Waals surface area (Å²) in [6.45, 7) is 4.44. The maximum absolute atomic E-state index is 12.5. The standard InChI is InChI=1S/C15H21N3O3S/c1-11(2)9-17-22(19,20)14-10-21-18(3)15(14)13-6-4-12(8-16)5-7-13/h4-7,11,14-15,17H,9-10H2,1-3H3. The first-order valence-corrected chi connectivity index (χ1v) is 8.74. The van der Waals surface area contributed by atoms with Crippen molar-refractivity contribution in [2.45, 2.75) is 25.1 Å². The number of nitriles is 1. The fourth-order valence-corrected chi connectivity index (χ4v) is 4.11. The number of nitrogens with zero attached hydrogens (tertiary/aromatic N) is 2. The lowest BCUT2D eigenvalue weighted by Gasteiger charge is -2.23. The first-order valence-electron chi connectivity index (χ1n) is 7.19. The Bertz CT molecular complexity index is 650. The molecular formula is C15H21N3O3S. The van der Waals surface area contributed by atoms with Gasteiger partial charge in [-0.25, -0.2) is 13.1 Å². The van der Waals surface area contributed by atoms with Crippen LogP contribution in [0.2, 0.25) is 0 Å². The van der Waals surface area contributed by atoms with E-state index in [4.69, 9.17) is 10.1 Å². The summed E-state index contributed by atoms with van der Waals surface area (Å²) in [6.07, 6.45) is 0. The Kier molecular flexibility index (Phi) is 5.19. The zero-order valence-corrected chi connectivity index (χ0v) is 13.8. The predicted octanol–water partition coefficient (Wildman–Crippen LogP) is 1.42. The Hall–Kier alpha value is -1.46. The zero-order chi connectivity index (χ0) is 16.3. The number of hydroxylamine groups is 2. The Morgan fingerprint density at radius 2 is 2.05 bits per heavy atom. The van der Waals surface area contributed by atoms with Crippen molar-refractivity contribution in [2.75, 3.05) is 20.2 Å². The van der Waals surface area contributed by atoms with Crippen LogP contribution in [0.15, 0.2) is 24.3 Å². The van der Waals surface area contributed by atoms with Crippen LogP contribution in [0.5, 0.6) is 0 Å². The van der Waals surface area contributed by atoms with Crippen LogP contribution >= 0.6 is 0 Å². The third-order valence-electron chi connectivity index (χ3n) is 3.66. The van der Waals surface area contributed by atoms with Crippen LogP contribution in [-0.4, -0.2) is 38.9 Å². The van der Waals surface area contributed by atoms with E-state index >= 15 is 0 Å². The van der Waals surface area contributed by atoms with E-state index < -0.39 is 21.3 Å². The van der Waals surface area contributed by atoms with E-state index in [1.54, 1.807) is 36.4 Å². The van der Waals surface area contributed by atoms with Crippen LogP contribution < -0.4 is 4.72 Å². The van der Waals surface area contributed by atoms with Gasteiger partial charge in [0.05, 0.1) is 24.3 Å². The summed E-state index contributed by atoms with van der Waals surface area (Å²) in [4.78, 5) is 5.43. The third kappa shape index (κ3) is 3.65. The Morgan fingerprint density at radius 1 is 1.41 bits per heavy atom. The maximum atomic E-state index is 12.5. The quantitative estimate of drug-likeness (QED) is 0.886. The lowest BCUT2D eigenvalue weighted by Crippen LogP contribution is -2.40. The van der Waals surface area contributed by atoms with Crippen molar-refractivity contribution in [2.24, 2.45) is 5.92 Å². The van der Waals surface area contributed by atoms with Crippen LogP contribution in [0.25, 0.3) is 0 Å². The lowest BCUT2D eigenvalue weighted by atomic mass is 10.0. The number of rotatable bonds is 5. The molecule has 0 aromatic heterocycles. The molecule has 0 radical (unpaired) electrons. The Balaban J connectivity index is 2.25. The first kappa shape index (κ1) is 16.9. The molecule has 2 unspecified atom stereocenters. The molecule has 1 aliphatic rings. The van der Waals surface area contributed by atoms with Crippen molar-refractivity contribution in [1.29, 1.82) is 5.26 Å². The van der Waals surface area contributed by atoms with E-state index in [9.17, 15) is 8.42 Å². The van der Waals surface area contributed by atoms with Gasteiger partial charge in [0.2, 0.25) is 10.0 Å². The molecule has 120 valence electrons. The van der Waals surface area contributed by atoms with Crippen LogP contribution in [-0.2, 0) is 14.9 Å². The molecule has 1 aromatic rings. The van der Waals surface area contributed by atoms with Gasteiger partial charge in [-0.05, 0) is 23.6 Å². The topological polar surface area (TPSA) is 82.4 Å². The monoisotopic (exact) mass is 323 g/mol. The normalized spacial score (nSPS) is 22.9. The maximum Gasteiger partial charge on any atom is 0.218 e. The SMILES string of the molecule is CC(C)CNS(=O)(=O)C1CON(C)C1c1ccc(C#N)cc1. The molecule has 0 aliphatic carbocycles. The smallest absolute Gasteiger partial charge is 0.218 e. The average Bonchev–Trinajstić information content (AvgIpc) is 2.88. The number of hydrogen-bond acceptors (Lipinski definition) is 5. The number of benzene rings is 1. The highest BCUT2D eigenvalue weighted by Crippen LogP contribution is 2.33. The Labute approximate surface area is 131 Å². The van der Waals surface area contributed by atoms with E-state index in [1.807, 2.05) is 13.8 Å². The molecule has 1 aromatic carbocycles. The fraction of sp³-hybridized carbons (Fsp3) is 0.533. The largest absolute Gasteiger partial charge is 0.297 e. The van der Waals surface area contributed by atoms with Crippen molar-refractivity contribution in [3.05, 3.63) is 35.4 Å². The average molecular weight is 323 g/mol. The van der Waals surface area contributed by atoms with E-state index in [-0.39, 0.29) is 12.5 Å². The van der Waals surface area contributed by atoms with E-state index in [0.29, 0.717) is 12.1 Å². The highest BCUT2D eigenvalue weighted by atomic mass is 32.2. The Morgan fingerprint density at radius 3 is 2.59 bits per heavy atom. The van der Waals surface area contributed by atoms with Gasteiger partial charge in [0.25, 0.3) is 0 Å². The minimum atomic E-state index is -3.48. The molecule has 6 nitrogen and oxygen atoms in total. The van der Waals surface area contributed by atoms with Gasteiger partial charge in [-0.2, -0.15) is 10.3 Å². The summed E-state index contributed by atoms with van der Waals surface area (Å²) >= 11 is 0. The molecule has 1 aliphatic heterocycles. The molecule has 0 amide bonds. The molecule has 0 bridgehead atoms. The van der Waals surface area contributed by atoms with Gasteiger partial charge < -0.3 is 0 Å². The van der Waals surface area contributed by atoms with E-state index in [0.717, 1.165) is 5.56 Å². The minimum absolute atomic E-state index is 0.120. The number of hydrogen-bond donors (Lipinski definition) is 1. The molecule has 7 heteroatoms. The van der Waals surface area contributed by atoms with Crippen molar-refractivity contribution < 1.29 is 13.3 Å². The molecule has 1 N–H and O–H groups in total. The summed E-state index contributed by atoms with van der Waals surface area (Å²) < 4.78 is 27.7. The second-order valence-electron chi connectivity index (χ2n) is 5.85. The summed E-state index contributed by atoms with van der Waals surface area (Å²) in [5, 5.41) is 9.75. The van der Waals surface area contributed by atoms with Gasteiger partial charge >= 0.3 is 0 Å². The van der Waals surface area contributed by atoms with Crippen LogP contribution in [0.1, 0.15) is 31.0 Å². The molecular weight excluding hydrogens is 302 g/mol. The van der Waals surface area contributed by atoms with E-state index in [2.05, 4.69) is 10.8 Å². The molecule has 1 saturated heterocycles. The highest BCUT2D eigenvalue weighted by molar-refractivity contribution is 7.90. The minimum Gasteiger partial charge on any atom is -0.297 e. The summed E-state index contributed by atoms with van der Waals surface area (Å²) in [6, 6.07) is 8.59. The number of sulfonamides is 1. The number of nitrogens with one attached hydrogen (secondary N) is 1. The van der Waals surface area contributed by atoms with Crippen LogP contribution in [0.3, 0.4) is 0 Å². The summed E-state index contributed by atoms with van der Waals surface area (Å²) in [5.74, 6) is 0.239. The molecule has 2 atom stereocenters. The van der Waals surface area contributed by atoms with Gasteiger partial charge in [0, 0.05) is 13.6 Å². The van der Waals surface area contributed by atoms with E-state index in [1.165, 1.54) is 0 Å². The van der Waals surface area contributed by atoms with Gasteiger partial charge in [-0.1, -0.05) is 26.0 Å². The van der Waals surface area contributed by atoms with Gasteiger partial charge in [-0.3, -0.25) is 4.84 Å². The van der Waals surface area contributed by atoms with Gasteiger partial charge in [-0.15, -0.1) is 0 Å². The third-order valence-corrected chi connectivity index (χ3v) is 5.42. The lowest BCUT2D eigenvalue weighted by molar-refractivity contribution is -0.110. The predicted molar refractivity (Wildman–Crippen MR) is 83.2 cm³/mol. The van der Waals surface area contributed by atoms with Crippen LogP contribution in [0, 0.1) is 17.2 Å². The molecule has 22 heavy (non-hydrogen) atoms. The van der Waals surface area contributed by atoms with Gasteiger partial charge in [0.15, 0.2) is 0 Å². The molecule has 0 spiro atoms. The van der Waals surface area contributed by atoms with Gasteiger partial charge in [0.1, 0.15) is 5.25 Å². The highest BCUT2D eigenvalue weighted by Gasteiger charge is 2.43. The summed E-state index contributed by atoms with van der Waals surface area (Å²) in [5.41, 5.74) is 1.36. The fourth-order valence-electron chi connectivity index (χ4n) is 2.43. The first-order chi connectivity index (χ1) is 10.3. The van der Waals surface area contributed by atoms with Crippen molar-refractivity contribution >= 4 is 10.0 Å². The molecule has 0 saturated carbocycles. The molecule has 1 fully saturated rings. The van der Waals surface area contributed by atoms with Crippen molar-refractivity contribution in [1.82, 2.24) is 9.79 Å². The zero-order valence-electron chi connectivity index (χ0n) is 13.0. The van der Waals surface area contributed by atoms with Crippen molar-refractivity contribution in [3.63, 3.8) is 0 Å². The van der Waals surface area contributed by atoms with Crippen LogP contribution in [0.4, 0.5) is 0 Å². The molecule has 1 heterocycles. The molecule has 2 rings (SSSR count). The van der Waals surface area contributed by atoms with Crippen molar-refractivity contribution in [3.8, 4) is 6.07 Å². The second-order valence-corrected chi connectivity index (χ2v) is 7.83. The summed E-state index contributed by atoms with van der Waals surface area (Å²) in [7, 11) is -1.76.